The maximum Gasteiger partial charge on any atom is 0.123 e. The van der Waals surface area contributed by atoms with Crippen LogP contribution in [0, 0.1) is 5.82 Å². The maximum absolute atomic E-state index is 12.7. The number of hydrogen-bond donors (Lipinski definition) is 1. The van der Waals surface area contributed by atoms with Gasteiger partial charge in [-0.25, -0.2) is 4.39 Å². The Labute approximate surface area is 107 Å². The van der Waals surface area contributed by atoms with E-state index in [0.29, 0.717) is 12.6 Å². The highest BCUT2D eigenvalue weighted by atomic mass is 19.1. The van der Waals surface area contributed by atoms with Gasteiger partial charge in [-0.2, -0.15) is 5.10 Å². The van der Waals surface area contributed by atoms with Gasteiger partial charge in [0.25, 0.3) is 0 Å². The molecule has 0 bridgehead atoms. The first-order valence-corrected chi connectivity index (χ1v) is 6.22. The van der Waals surface area contributed by atoms with Crippen molar-refractivity contribution >= 4 is 5.69 Å². The second-order valence-corrected chi connectivity index (χ2v) is 4.40. The van der Waals surface area contributed by atoms with Crippen LogP contribution < -0.4 is 5.32 Å². The summed E-state index contributed by atoms with van der Waals surface area (Å²) in [6.45, 7) is 4.93. The van der Waals surface area contributed by atoms with Gasteiger partial charge in [0, 0.05) is 17.9 Å². The van der Waals surface area contributed by atoms with Crippen molar-refractivity contribution in [1.29, 1.82) is 0 Å². The van der Waals surface area contributed by atoms with Crippen molar-refractivity contribution in [2.75, 3.05) is 5.32 Å². The minimum absolute atomic E-state index is 0.221. The van der Waals surface area contributed by atoms with E-state index in [1.807, 2.05) is 16.9 Å². The maximum atomic E-state index is 12.7. The van der Waals surface area contributed by atoms with Crippen molar-refractivity contribution in [1.82, 2.24) is 9.78 Å². The molecule has 0 aliphatic heterocycles. The van der Waals surface area contributed by atoms with Crippen LogP contribution in [-0.4, -0.2) is 9.78 Å². The first kappa shape index (κ1) is 12.6. The Hall–Kier alpha value is -1.84. The summed E-state index contributed by atoms with van der Waals surface area (Å²) in [5, 5.41) is 7.71. The van der Waals surface area contributed by atoms with Gasteiger partial charge in [-0.1, -0.05) is 6.92 Å². The van der Waals surface area contributed by atoms with Crippen molar-refractivity contribution in [2.24, 2.45) is 0 Å². The summed E-state index contributed by atoms with van der Waals surface area (Å²) >= 11 is 0. The van der Waals surface area contributed by atoms with Crippen LogP contribution in [0.1, 0.15) is 32.0 Å². The molecule has 0 fully saturated rings. The molecule has 1 aromatic carbocycles. The molecule has 1 unspecified atom stereocenters. The normalized spacial score (nSPS) is 12.4. The lowest BCUT2D eigenvalue weighted by Gasteiger charge is -2.08. The van der Waals surface area contributed by atoms with Gasteiger partial charge in [0.2, 0.25) is 0 Å². The van der Waals surface area contributed by atoms with Gasteiger partial charge < -0.3 is 5.32 Å². The smallest absolute Gasteiger partial charge is 0.123 e. The average molecular weight is 247 g/mol. The monoisotopic (exact) mass is 247 g/mol. The first-order chi connectivity index (χ1) is 8.69. The summed E-state index contributed by atoms with van der Waals surface area (Å²) in [7, 11) is 0. The van der Waals surface area contributed by atoms with Crippen molar-refractivity contribution in [3.05, 3.63) is 48.0 Å². The van der Waals surface area contributed by atoms with Gasteiger partial charge in [0.15, 0.2) is 0 Å². The van der Waals surface area contributed by atoms with Crippen molar-refractivity contribution in [3.63, 3.8) is 0 Å². The van der Waals surface area contributed by atoms with Crippen LogP contribution in [0.4, 0.5) is 10.1 Å². The Kier molecular flexibility index (Phi) is 3.97. The second-order valence-electron chi connectivity index (χ2n) is 4.40. The van der Waals surface area contributed by atoms with Crippen LogP contribution in [0.3, 0.4) is 0 Å². The second kappa shape index (κ2) is 5.67. The van der Waals surface area contributed by atoms with Crippen LogP contribution in [0.5, 0.6) is 0 Å². The molecule has 1 N–H and O–H groups in total. The molecule has 1 atom stereocenters. The van der Waals surface area contributed by atoms with Gasteiger partial charge >= 0.3 is 0 Å². The predicted molar refractivity (Wildman–Crippen MR) is 71.0 cm³/mol. The largest absolute Gasteiger partial charge is 0.379 e. The van der Waals surface area contributed by atoms with Gasteiger partial charge in [0.05, 0.1) is 12.2 Å². The molecule has 0 aliphatic carbocycles. The summed E-state index contributed by atoms with van der Waals surface area (Å²) in [4.78, 5) is 0. The molecule has 0 aliphatic rings. The Bertz CT molecular complexity index is 490. The topological polar surface area (TPSA) is 29.9 Å². The lowest BCUT2D eigenvalue weighted by Crippen LogP contribution is -2.06. The lowest BCUT2D eigenvalue weighted by atomic mass is 10.3. The third kappa shape index (κ3) is 3.09. The molecule has 18 heavy (non-hydrogen) atoms. The number of hydrogen-bond acceptors (Lipinski definition) is 2. The summed E-state index contributed by atoms with van der Waals surface area (Å²) in [5.41, 5.74) is 1.88. The summed E-state index contributed by atoms with van der Waals surface area (Å²) in [6, 6.07) is 8.76. The van der Waals surface area contributed by atoms with Crippen LogP contribution in [-0.2, 0) is 6.54 Å². The molecule has 0 radical (unpaired) electrons. The Balaban J connectivity index is 1.94. The fraction of sp³-hybridized carbons (Fsp3) is 0.357. The molecule has 1 heterocycles. The van der Waals surface area contributed by atoms with E-state index in [0.717, 1.165) is 17.8 Å². The van der Waals surface area contributed by atoms with E-state index >= 15 is 0 Å². The van der Waals surface area contributed by atoms with E-state index in [1.165, 1.54) is 12.1 Å². The number of nitrogens with zero attached hydrogens (tertiary/aromatic N) is 2. The molecular weight excluding hydrogens is 229 g/mol. The van der Waals surface area contributed by atoms with Crippen LogP contribution in [0.2, 0.25) is 0 Å². The number of halogens is 1. The van der Waals surface area contributed by atoms with Crippen molar-refractivity contribution in [3.8, 4) is 0 Å². The molecule has 4 heteroatoms. The molecule has 0 saturated carbocycles. The summed E-state index contributed by atoms with van der Waals surface area (Å²) < 4.78 is 14.7. The molecule has 1 aromatic heterocycles. The van der Waals surface area contributed by atoms with Gasteiger partial charge in [-0.15, -0.1) is 0 Å². The zero-order valence-corrected chi connectivity index (χ0v) is 10.7. The highest BCUT2D eigenvalue weighted by molar-refractivity contribution is 5.42. The van der Waals surface area contributed by atoms with E-state index in [2.05, 4.69) is 24.3 Å². The quantitative estimate of drug-likeness (QED) is 0.874. The number of rotatable bonds is 5. The van der Waals surface area contributed by atoms with Crippen LogP contribution >= 0.6 is 0 Å². The van der Waals surface area contributed by atoms with E-state index in [9.17, 15) is 4.39 Å². The van der Waals surface area contributed by atoms with E-state index in [-0.39, 0.29) is 5.82 Å². The zero-order valence-electron chi connectivity index (χ0n) is 10.7. The highest BCUT2D eigenvalue weighted by Gasteiger charge is 2.04. The van der Waals surface area contributed by atoms with Crippen LogP contribution in [0.15, 0.2) is 36.5 Å². The van der Waals surface area contributed by atoms with Crippen LogP contribution in [0.25, 0.3) is 0 Å². The summed E-state index contributed by atoms with van der Waals surface area (Å²) in [5.74, 6) is -0.221. The van der Waals surface area contributed by atoms with Crippen molar-refractivity contribution in [2.45, 2.75) is 32.9 Å². The molecule has 0 spiro atoms. The zero-order chi connectivity index (χ0) is 13.0. The number of nitrogens with one attached hydrogen (secondary N) is 1. The number of anilines is 1. The Morgan fingerprint density at radius 2 is 2.00 bits per heavy atom. The molecule has 0 saturated heterocycles. The minimum atomic E-state index is -0.221. The molecule has 96 valence electrons. The number of benzene rings is 1. The van der Waals surface area contributed by atoms with Gasteiger partial charge in [-0.3, -0.25) is 4.68 Å². The van der Waals surface area contributed by atoms with E-state index in [4.69, 9.17) is 0 Å². The minimum Gasteiger partial charge on any atom is -0.379 e. The number of aromatic nitrogens is 2. The fourth-order valence-corrected chi connectivity index (χ4v) is 1.66. The molecule has 3 nitrogen and oxygen atoms in total. The Morgan fingerprint density at radius 1 is 1.28 bits per heavy atom. The molecule has 2 aromatic rings. The third-order valence-corrected chi connectivity index (χ3v) is 3.02. The molecule has 0 amide bonds. The van der Waals surface area contributed by atoms with Gasteiger partial charge in [0.1, 0.15) is 5.82 Å². The first-order valence-electron chi connectivity index (χ1n) is 6.22. The Morgan fingerprint density at radius 3 is 2.67 bits per heavy atom. The third-order valence-electron chi connectivity index (χ3n) is 3.02. The fourth-order valence-electron chi connectivity index (χ4n) is 1.66. The lowest BCUT2D eigenvalue weighted by molar-refractivity contribution is 0.474. The molecular formula is C14H18FN3. The SMILES string of the molecule is CCC(C)n1ccc(CNc2ccc(F)cc2)n1. The van der Waals surface area contributed by atoms with E-state index < -0.39 is 0 Å². The highest BCUT2D eigenvalue weighted by Crippen LogP contribution is 2.12. The predicted octanol–water partition coefficient (Wildman–Crippen LogP) is 3.61. The van der Waals surface area contributed by atoms with E-state index in [1.54, 1.807) is 12.1 Å². The standard InChI is InChI=1S/C14H18FN3/c1-3-11(2)18-9-8-14(17-18)10-16-13-6-4-12(15)5-7-13/h4-9,11,16H,3,10H2,1-2H3. The van der Waals surface area contributed by atoms with Crippen molar-refractivity contribution < 1.29 is 4.39 Å². The molecule has 2 rings (SSSR count). The van der Waals surface area contributed by atoms with Gasteiger partial charge in [-0.05, 0) is 43.7 Å². The summed E-state index contributed by atoms with van der Waals surface area (Å²) in [6.07, 6.45) is 3.06. The average Bonchev–Trinajstić information content (AvgIpc) is 2.86.